The molecule has 0 aliphatic heterocycles. The molecule has 1 radical (unpaired) electrons. The van der Waals surface area contributed by atoms with Crippen LogP contribution in [0.4, 0.5) is 13.2 Å². The van der Waals surface area contributed by atoms with E-state index in [0.29, 0.717) is 0 Å². The number of halogens is 4. The summed E-state index contributed by atoms with van der Waals surface area (Å²) in [5.74, 6) is 0.980. The van der Waals surface area contributed by atoms with Gasteiger partial charge in [0, 0.05) is 6.42 Å². The monoisotopic (exact) mass is 145 g/mol. The Hall–Kier alpha value is 0.0800. The molecule has 0 fully saturated rings. The summed E-state index contributed by atoms with van der Waals surface area (Å²) in [7, 11) is 0. The Labute approximate surface area is 50.6 Å². The molecule has 4 heteroatoms. The molecule has 0 bridgehead atoms. The van der Waals surface area contributed by atoms with Crippen molar-refractivity contribution in [2.45, 2.75) is 19.0 Å². The SMILES string of the molecule is FC(F)(F)CC[CH]Cl. The van der Waals surface area contributed by atoms with Crippen LogP contribution in [0, 0.1) is 5.88 Å². The van der Waals surface area contributed by atoms with Gasteiger partial charge in [0.1, 0.15) is 0 Å². The first-order valence-corrected chi connectivity index (χ1v) is 2.48. The highest BCUT2D eigenvalue weighted by molar-refractivity contribution is 6.23. The van der Waals surface area contributed by atoms with Gasteiger partial charge in [0.2, 0.25) is 0 Å². The molecule has 0 heterocycles. The van der Waals surface area contributed by atoms with E-state index < -0.39 is 12.6 Å². The van der Waals surface area contributed by atoms with Gasteiger partial charge in [-0.2, -0.15) is 13.2 Å². The van der Waals surface area contributed by atoms with Gasteiger partial charge in [0.25, 0.3) is 0 Å². The quantitative estimate of drug-likeness (QED) is 0.561. The van der Waals surface area contributed by atoms with Gasteiger partial charge in [0.05, 0.1) is 5.88 Å². The maximum atomic E-state index is 11.2. The zero-order valence-electron chi connectivity index (χ0n) is 4.00. The fraction of sp³-hybridized carbons (Fsp3) is 0.750. The molecule has 49 valence electrons. The molecule has 0 atom stereocenters. The minimum atomic E-state index is -4.06. The van der Waals surface area contributed by atoms with Crippen molar-refractivity contribution >= 4 is 11.6 Å². The summed E-state index contributed by atoms with van der Waals surface area (Å²) >= 11 is 4.88. The molecule has 0 saturated carbocycles. The maximum absolute atomic E-state index is 11.2. The van der Waals surface area contributed by atoms with Crippen molar-refractivity contribution in [3.63, 3.8) is 0 Å². The van der Waals surface area contributed by atoms with Gasteiger partial charge in [0.15, 0.2) is 0 Å². The van der Waals surface area contributed by atoms with E-state index in [1.807, 2.05) is 0 Å². The zero-order chi connectivity index (χ0) is 6.62. The van der Waals surface area contributed by atoms with Crippen LogP contribution in [0.5, 0.6) is 0 Å². The second-order valence-corrected chi connectivity index (χ2v) is 1.62. The van der Waals surface area contributed by atoms with Crippen LogP contribution in [0.1, 0.15) is 12.8 Å². The Morgan fingerprint density at radius 1 is 1.38 bits per heavy atom. The van der Waals surface area contributed by atoms with E-state index in [0.717, 1.165) is 5.88 Å². The minimum absolute atomic E-state index is 0.106. The second-order valence-electron chi connectivity index (χ2n) is 1.31. The molecule has 0 rings (SSSR count). The standard InChI is InChI=1S/C4H5ClF3/c5-3-1-2-4(6,7)8/h3H,1-2H2. The van der Waals surface area contributed by atoms with E-state index in [1.54, 1.807) is 0 Å². The minimum Gasteiger partial charge on any atom is -0.171 e. The van der Waals surface area contributed by atoms with Gasteiger partial charge in [-0.15, -0.1) is 11.6 Å². The Kier molecular flexibility index (Phi) is 3.21. The largest absolute Gasteiger partial charge is 0.389 e. The first-order chi connectivity index (χ1) is 3.56. The summed E-state index contributed by atoms with van der Waals surface area (Å²) in [4.78, 5) is 0. The number of rotatable bonds is 2. The van der Waals surface area contributed by atoms with Crippen LogP contribution < -0.4 is 0 Å². The molecule has 0 aromatic heterocycles. The average Bonchev–Trinajstić information content (AvgIpc) is 1.59. The average molecular weight is 146 g/mol. The van der Waals surface area contributed by atoms with Gasteiger partial charge in [-0.3, -0.25) is 0 Å². The molecule has 0 unspecified atom stereocenters. The molecule has 0 N–H and O–H groups in total. The maximum Gasteiger partial charge on any atom is 0.389 e. The lowest BCUT2D eigenvalue weighted by atomic mass is 10.3. The van der Waals surface area contributed by atoms with E-state index >= 15 is 0 Å². The van der Waals surface area contributed by atoms with Crippen molar-refractivity contribution in [2.24, 2.45) is 0 Å². The first kappa shape index (κ1) is 8.08. The molecular weight excluding hydrogens is 140 g/mol. The lowest BCUT2D eigenvalue weighted by Crippen LogP contribution is -2.05. The molecule has 0 spiro atoms. The molecule has 0 amide bonds. The van der Waals surface area contributed by atoms with Crippen LogP contribution in [-0.2, 0) is 0 Å². The normalized spacial score (nSPS) is 12.0. The van der Waals surface area contributed by atoms with Gasteiger partial charge >= 0.3 is 6.18 Å². The zero-order valence-corrected chi connectivity index (χ0v) is 4.76. The van der Waals surface area contributed by atoms with Crippen LogP contribution >= 0.6 is 11.6 Å². The fourth-order valence-electron chi connectivity index (χ4n) is 0.218. The van der Waals surface area contributed by atoms with Crippen molar-refractivity contribution < 1.29 is 13.2 Å². The van der Waals surface area contributed by atoms with E-state index in [-0.39, 0.29) is 6.42 Å². The third kappa shape index (κ3) is 6.08. The topological polar surface area (TPSA) is 0 Å². The summed E-state index contributed by atoms with van der Waals surface area (Å²) in [5, 5.41) is 0. The molecule has 0 aromatic carbocycles. The van der Waals surface area contributed by atoms with Crippen molar-refractivity contribution in [2.75, 3.05) is 0 Å². The molecular formula is C4H5ClF3. The Balaban J connectivity index is 3.11. The van der Waals surface area contributed by atoms with E-state index in [1.165, 1.54) is 0 Å². The Bertz CT molecular complexity index is 58.8. The van der Waals surface area contributed by atoms with Gasteiger partial charge in [-0.1, -0.05) is 0 Å². The van der Waals surface area contributed by atoms with Crippen LogP contribution in [0.2, 0.25) is 0 Å². The van der Waals surface area contributed by atoms with Gasteiger partial charge < -0.3 is 0 Å². The first-order valence-electron chi connectivity index (χ1n) is 2.05. The van der Waals surface area contributed by atoms with Crippen LogP contribution in [-0.4, -0.2) is 6.18 Å². The molecule has 0 nitrogen and oxygen atoms in total. The lowest BCUT2D eigenvalue weighted by molar-refractivity contribution is -0.133. The van der Waals surface area contributed by atoms with Gasteiger partial charge in [-0.05, 0) is 6.42 Å². The second kappa shape index (κ2) is 3.17. The van der Waals surface area contributed by atoms with Crippen molar-refractivity contribution in [3.8, 4) is 0 Å². The summed E-state index contributed by atoms with van der Waals surface area (Å²) in [5.41, 5.74) is 0. The summed E-state index contributed by atoms with van der Waals surface area (Å²) in [6, 6.07) is 0. The predicted molar refractivity (Wildman–Crippen MR) is 25.4 cm³/mol. The number of hydrogen-bond acceptors (Lipinski definition) is 0. The summed E-state index contributed by atoms with van der Waals surface area (Å²) in [6.07, 6.45) is -4.99. The van der Waals surface area contributed by atoms with E-state index in [9.17, 15) is 13.2 Å². The fourth-order valence-corrected chi connectivity index (χ4v) is 0.327. The number of alkyl halides is 3. The lowest BCUT2D eigenvalue weighted by Gasteiger charge is -2.01. The molecule has 8 heavy (non-hydrogen) atoms. The Morgan fingerprint density at radius 3 is 2.00 bits per heavy atom. The van der Waals surface area contributed by atoms with E-state index in [2.05, 4.69) is 0 Å². The van der Waals surface area contributed by atoms with Crippen molar-refractivity contribution in [1.82, 2.24) is 0 Å². The highest BCUT2D eigenvalue weighted by atomic mass is 35.5. The van der Waals surface area contributed by atoms with Gasteiger partial charge in [-0.25, -0.2) is 0 Å². The van der Waals surface area contributed by atoms with Crippen molar-refractivity contribution in [3.05, 3.63) is 5.88 Å². The third-order valence-corrected chi connectivity index (χ3v) is 0.755. The van der Waals surface area contributed by atoms with Crippen molar-refractivity contribution in [1.29, 1.82) is 0 Å². The highest BCUT2D eigenvalue weighted by Gasteiger charge is 2.25. The summed E-state index contributed by atoms with van der Waals surface area (Å²) < 4.78 is 33.5. The molecule has 0 aliphatic rings. The molecule has 0 saturated heterocycles. The molecule has 0 aliphatic carbocycles. The van der Waals surface area contributed by atoms with Crippen LogP contribution in [0.15, 0.2) is 0 Å². The third-order valence-electron chi connectivity index (χ3n) is 0.537. The molecule has 0 aromatic rings. The highest BCUT2D eigenvalue weighted by Crippen LogP contribution is 2.22. The Morgan fingerprint density at radius 2 is 1.88 bits per heavy atom. The number of hydrogen-bond donors (Lipinski definition) is 0. The van der Waals surface area contributed by atoms with E-state index in [4.69, 9.17) is 11.6 Å². The predicted octanol–water partition coefficient (Wildman–Crippen LogP) is 2.73. The van der Waals surface area contributed by atoms with Crippen LogP contribution in [0.25, 0.3) is 0 Å². The summed E-state index contributed by atoms with van der Waals surface area (Å²) in [6.45, 7) is 0. The van der Waals surface area contributed by atoms with Crippen LogP contribution in [0.3, 0.4) is 0 Å². The smallest absolute Gasteiger partial charge is 0.171 e.